The summed E-state index contributed by atoms with van der Waals surface area (Å²) in [5.41, 5.74) is 1.66. The van der Waals surface area contributed by atoms with Crippen LogP contribution in [0, 0.1) is 5.82 Å². The lowest BCUT2D eigenvalue weighted by Crippen LogP contribution is -2.32. The van der Waals surface area contributed by atoms with Crippen LogP contribution in [-0.4, -0.2) is 46.2 Å². The maximum Gasteiger partial charge on any atom is 0.234 e. The van der Waals surface area contributed by atoms with Gasteiger partial charge in [0.15, 0.2) is 4.34 Å². The van der Waals surface area contributed by atoms with E-state index in [-0.39, 0.29) is 22.9 Å². The lowest BCUT2D eigenvalue weighted by Gasteiger charge is -2.24. The molecule has 0 spiro atoms. The Morgan fingerprint density at radius 1 is 1.26 bits per heavy atom. The highest BCUT2D eigenvalue weighted by Crippen LogP contribution is 2.39. The first-order valence-electron chi connectivity index (χ1n) is 9.62. The van der Waals surface area contributed by atoms with Crippen molar-refractivity contribution in [2.24, 2.45) is 0 Å². The van der Waals surface area contributed by atoms with Crippen molar-refractivity contribution < 1.29 is 13.9 Å². The third-order valence-electron chi connectivity index (χ3n) is 4.71. The van der Waals surface area contributed by atoms with Gasteiger partial charge < -0.3 is 15.0 Å². The van der Waals surface area contributed by atoms with Crippen LogP contribution >= 0.6 is 34.9 Å². The van der Waals surface area contributed by atoms with Crippen molar-refractivity contribution in [1.82, 2.24) is 15.1 Å². The van der Waals surface area contributed by atoms with E-state index in [9.17, 15) is 9.18 Å². The number of methoxy groups -OCH3 is 1. The van der Waals surface area contributed by atoms with Crippen LogP contribution in [-0.2, 0) is 11.3 Å². The van der Waals surface area contributed by atoms with E-state index in [1.54, 1.807) is 42.0 Å². The molecule has 31 heavy (non-hydrogen) atoms. The highest BCUT2D eigenvalue weighted by Gasteiger charge is 2.32. The predicted molar refractivity (Wildman–Crippen MR) is 124 cm³/mol. The number of carbonyl (C=O) groups is 1. The van der Waals surface area contributed by atoms with Crippen molar-refractivity contribution in [2.45, 2.75) is 16.3 Å². The predicted octanol–water partition coefficient (Wildman–Crippen LogP) is 4.66. The van der Waals surface area contributed by atoms with Gasteiger partial charge in [0.05, 0.1) is 12.9 Å². The van der Waals surface area contributed by atoms with Gasteiger partial charge in [-0.2, -0.15) is 0 Å². The molecule has 4 rings (SSSR count). The van der Waals surface area contributed by atoms with Gasteiger partial charge in [-0.25, -0.2) is 4.39 Å². The molecule has 2 aromatic carbocycles. The smallest absolute Gasteiger partial charge is 0.234 e. The summed E-state index contributed by atoms with van der Waals surface area (Å²) in [5, 5.41) is 12.0. The summed E-state index contributed by atoms with van der Waals surface area (Å²) in [6, 6.07) is 14.4. The molecule has 1 saturated heterocycles. The number of hydrogen-bond donors (Lipinski definition) is 1. The third-order valence-corrected chi connectivity index (χ3v) is 7.95. The van der Waals surface area contributed by atoms with Crippen molar-refractivity contribution in [3.8, 4) is 5.75 Å². The van der Waals surface area contributed by atoms with Gasteiger partial charge in [-0.3, -0.25) is 4.79 Å². The fourth-order valence-corrected chi connectivity index (χ4v) is 6.06. The first-order valence-corrected chi connectivity index (χ1v) is 12.5. The van der Waals surface area contributed by atoms with E-state index < -0.39 is 0 Å². The number of ether oxygens (including phenoxy) is 1. The maximum absolute atomic E-state index is 14.2. The number of benzene rings is 2. The Kier molecular flexibility index (Phi) is 7.31. The highest BCUT2D eigenvalue weighted by molar-refractivity contribution is 8.01. The minimum Gasteiger partial charge on any atom is -0.497 e. The van der Waals surface area contributed by atoms with Gasteiger partial charge in [0.25, 0.3) is 0 Å². The van der Waals surface area contributed by atoms with E-state index in [0.29, 0.717) is 23.8 Å². The number of nitrogens with zero attached hydrogens (tertiary/aromatic N) is 3. The van der Waals surface area contributed by atoms with E-state index in [4.69, 9.17) is 4.74 Å². The van der Waals surface area contributed by atoms with Crippen LogP contribution in [0.5, 0.6) is 5.75 Å². The topological polar surface area (TPSA) is 67.3 Å². The number of aromatic nitrogens is 2. The van der Waals surface area contributed by atoms with Gasteiger partial charge in [0.2, 0.25) is 11.0 Å². The molecule has 6 nitrogen and oxygen atoms in total. The quantitative estimate of drug-likeness (QED) is 0.474. The molecule has 10 heteroatoms. The van der Waals surface area contributed by atoms with Crippen molar-refractivity contribution in [2.75, 3.05) is 30.5 Å². The molecule has 1 N–H and O–H groups in total. The van der Waals surface area contributed by atoms with E-state index in [0.717, 1.165) is 21.4 Å². The zero-order valence-electron chi connectivity index (χ0n) is 16.8. The molecule has 0 bridgehead atoms. The number of amides is 1. The number of hydrogen-bond acceptors (Lipinski definition) is 8. The van der Waals surface area contributed by atoms with Crippen molar-refractivity contribution in [3.05, 3.63) is 65.5 Å². The molecular weight excluding hydrogens is 455 g/mol. The SMILES string of the molecule is COc1ccc(CNc2nnc(SCC(=O)N3CCSC3c3ccccc3F)s2)cc1. The molecule has 0 saturated carbocycles. The number of halogens is 1. The summed E-state index contributed by atoms with van der Waals surface area (Å²) < 4.78 is 20.1. The van der Waals surface area contributed by atoms with Crippen molar-refractivity contribution in [1.29, 1.82) is 0 Å². The van der Waals surface area contributed by atoms with Crippen LogP contribution in [0.1, 0.15) is 16.5 Å². The van der Waals surface area contributed by atoms with Gasteiger partial charge >= 0.3 is 0 Å². The van der Waals surface area contributed by atoms with Gasteiger partial charge in [0, 0.05) is 24.4 Å². The first kappa shape index (κ1) is 21.9. The molecular formula is C21H21FN4O2S3. The molecule has 1 aliphatic heterocycles. The Morgan fingerprint density at radius 2 is 2.06 bits per heavy atom. The second kappa shape index (κ2) is 10.3. The summed E-state index contributed by atoms with van der Waals surface area (Å²) in [6.45, 7) is 1.24. The van der Waals surface area contributed by atoms with Gasteiger partial charge in [0.1, 0.15) is 16.9 Å². The summed E-state index contributed by atoms with van der Waals surface area (Å²) in [4.78, 5) is 14.5. The standard InChI is InChI=1S/C21H21FN4O2S3/c1-28-15-8-6-14(7-9-15)12-23-20-24-25-21(31-20)30-13-18(27)26-10-11-29-19(26)16-4-2-3-5-17(16)22/h2-9,19H,10-13H2,1H3,(H,23,24). The molecule has 1 unspecified atom stereocenters. The maximum atomic E-state index is 14.2. The third kappa shape index (κ3) is 5.50. The molecule has 0 radical (unpaired) electrons. The largest absolute Gasteiger partial charge is 0.497 e. The second-order valence-corrected chi connectivity index (χ2v) is 10.1. The fourth-order valence-electron chi connectivity index (χ4n) is 3.13. The van der Waals surface area contributed by atoms with Crippen molar-refractivity contribution in [3.63, 3.8) is 0 Å². The lowest BCUT2D eigenvalue weighted by molar-refractivity contribution is -0.128. The first-order chi connectivity index (χ1) is 15.1. The summed E-state index contributed by atoms with van der Waals surface area (Å²) in [5.74, 6) is 1.57. The van der Waals surface area contributed by atoms with Crippen LogP contribution < -0.4 is 10.1 Å². The summed E-state index contributed by atoms with van der Waals surface area (Å²) >= 11 is 4.36. The molecule has 1 aromatic heterocycles. The molecule has 1 amide bonds. The Balaban J connectivity index is 1.29. The number of nitrogens with one attached hydrogen (secondary N) is 1. The molecule has 162 valence electrons. The number of carbonyl (C=O) groups excluding carboxylic acids is 1. The van der Waals surface area contributed by atoms with Gasteiger partial charge in [-0.1, -0.05) is 53.4 Å². The lowest BCUT2D eigenvalue weighted by atomic mass is 10.2. The van der Waals surface area contributed by atoms with Crippen LogP contribution in [0.3, 0.4) is 0 Å². The minimum absolute atomic E-state index is 0.0220. The molecule has 2 heterocycles. The molecule has 1 fully saturated rings. The molecule has 1 atom stereocenters. The zero-order chi connectivity index (χ0) is 21.6. The normalized spacial score (nSPS) is 15.8. The van der Waals surface area contributed by atoms with E-state index in [2.05, 4.69) is 15.5 Å². The highest BCUT2D eigenvalue weighted by atomic mass is 32.2. The van der Waals surface area contributed by atoms with Crippen molar-refractivity contribution >= 4 is 45.9 Å². The number of anilines is 1. The second-order valence-electron chi connectivity index (χ2n) is 6.70. The Morgan fingerprint density at radius 3 is 2.84 bits per heavy atom. The van der Waals surface area contributed by atoms with Gasteiger partial charge in [-0.15, -0.1) is 22.0 Å². The van der Waals surface area contributed by atoms with E-state index in [1.165, 1.54) is 29.2 Å². The monoisotopic (exact) mass is 476 g/mol. The van der Waals surface area contributed by atoms with Crippen LogP contribution in [0.2, 0.25) is 0 Å². The average Bonchev–Trinajstić information content (AvgIpc) is 3.46. The van der Waals surface area contributed by atoms with Crippen LogP contribution in [0.25, 0.3) is 0 Å². The van der Waals surface area contributed by atoms with E-state index in [1.807, 2.05) is 24.3 Å². The molecule has 1 aliphatic rings. The number of thioether (sulfide) groups is 2. The Labute approximate surface area is 192 Å². The molecule has 3 aromatic rings. The Hall–Kier alpha value is -2.30. The minimum atomic E-state index is -0.274. The summed E-state index contributed by atoms with van der Waals surface area (Å²) in [7, 11) is 1.64. The average molecular weight is 477 g/mol. The van der Waals surface area contributed by atoms with E-state index >= 15 is 0 Å². The van der Waals surface area contributed by atoms with Crippen LogP contribution in [0.15, 0.2) is 52.9 Å². The van der Waals surface area contributed by atoms with Gasteiger partial charge in [-0.05, 0) is 23.8 Å². The zero-order valence-corrected chi connectivity index (χ0v) is 19.2. The fraction of sp³-hybridized carbons (Fsp3) is 0.286. The Bertz CT molecular complexity index is 1030. The summed E-state index contributed by atoms with van der Waals surface area (Å²) in [6.07, 6.45) is 0. The molecule has 0 aliphatic carbocycles. The number of rotatable bonds is 8. The van der Waals surface area contributed by atoms with Crippen LogP contribution in [0.4, 0.5) is 9.52 Å².